The topological polar surface area (TPSA) is 210 Å². The number of piperidine rings is 2. The van der Waals surface area contributed by atoms with Gasteiger partial charge in [-0.05, 0) is 25.3 Å². The molecule has 0 amide bonds. The smallest absolute Gasteiger partial charge is 0.211 e. The highest BCUT2D eigenvalue weighted by atomic mass is 32.2. The minimum Gasteiger partial charge on any atom is -0.397 e. The van der Waals surface area contributed by atoms with Crippen molar-refractivity contribution in [2.45, 2.75) is 44.1 Å². The summed E-state index contributed by atoms with van der Waals surface area (Å²) in [6.45, 7) is 2.76. The maximum Gasteiger partial charge on any atom is 0.211 e. The highest BCUT2D eigenvalue weighted by Crippen LogP contribution is 2.16. The van der Waals surface area contributed by atoms with Gasteiger partial charge in [0.1, 0.15) is 0 Å². The van der Waals surface area contributed by atoms with Crippen molar-refractivity contribution in [3.8, 4) is 0 Å². The zero-order valence-corrected chi connectivity index (χ0v) is 18.5. The maximum absolute atomic E-state index is 11.1. The van der Waals surface area contributed by atoms with Gasteiger partial charge in [-0.15, -0.1) is 0 Å². The van der Waals surface area contributed by atoms with Crippen LogP contribution in [-0.2, 0) is 20.0 Å². The lowest BCUT2D eigenvalue weighted by Gasteiger charge is -2.32. The van der Waals surface area contributed by atoms with Crippen LogP contribution >= 0.6 is 0 Å². The summed E-state index contributed by atoms with van der Waals surface area (Å²) >= 11 is 0. The number of hydrogen-bond donors (Lipinski definition) is 4. The Hall–Kier alpha value is -1.03. The SMILES string of the molecule is CCO.CS(=O)(=O)N1CC[C@@H](N)[C@H](O)C1.CS(=O)(=O)N1CC[C@@H](N=[N+]=[N-])[C@H](O)C1. The lowest BCUT2D eigenvalue weighted by molar-refractivity contribution is 0.0880. The summed E-state index contributed by atoms with van der Waals surface area (Å²) in [5.41, 5.74) is 13.7. The van der Waals surface area contributed by atoms with Crippen molar-refractivity contribution >= 4 is 20.0 Å². The number of azide groups is 1. The Morgan fingerprint density at radius 1 is 1.03 bits per heavy atom. The molecule has 2 fully saturated rings. The van der Waals surface area contributed by atoms with Crippen LogP contribution in [0, 0.1) is 0 Å². The van der Waals surface area contributed by atoms with E-state index < -0.39 is 38.3 Å². The van der Waals surface area contributed by atoms with Gasteiger partial charge in [0.2, 0.25) is 20.0 Å². The normalized spacial score (nSPS) is 28.8. The van der Waals surface area contributed by atoms with Gasteiger partial charge in [-0.2, -0.15) is 8.61 Å². The standard InChI is InChI=1S/C6H12N4O3S.C6H14N2O3S.C2H6O/c1-14(12,13)10-3-2-5(8-9-7)6(11)4-10;1-12(10,11)8-3-2-5(7)6(9)4-8;1-2-3/h5-6,11H,2-4H2,1H3;5-6,9H,2-4,7H2,1H3;3H,2H2,1H3/t2*5-,6-;/m11./s1. The van der Waals surface area contributed by atoms with Crippen LogP contribution < -0.4 is 5.73 Å². The summed E-state index contributed by atoms with van der Waals surface area (Å²) in [6, 6.07) is -0.805. The van der Waals surface area contributed by atoms with Crippen LogP contribution in [-0.4, -0.2) is 110 Å². The second-order valence-corrected chi connectivity index (χ2v) is 10.7. The molecule has 5 N–H and O–H groups in total. The molecule has 0 aromatic carbocycles. The number of nitrogens with two attached hydrogens (primary N) is 1. The Morgan fingerprint density at radius 3 is 1.79 bits per heavy atom. The molecule has 2 heterocycles. The number of rotatable bonds is 3. The monoisotopic (exact) mass is 460 g/mol. The summed E-state index contributed by atoms with van der Waals surface area (Å²) in [5, 5.41) is 29.7. The number of sulfonamides is 2. The summed E-state index contributed by atoms with van der Waals surface area (Å²) in [5.74, 6) is 0. The van der Waals surface area contributed by atoms with Crippen LogP contribution in [0.4, 0.5) is 0 Å². The van der Waals surface area contributed by atoms with E-state index in [1.165, 1.54) is 8.61 Å². The van der Waals surface area contributed by atoms with Gasteiger partial charge in [0.15, 0.2) is 0 Å². The highest BCUT2D eigenvalue weighted by Gasteiger charge is 2.31. The first-order chi connectivity index (χ1) is 13.3. The van der Waals surface area contributed by atoms with Crippen LogP contribution in [0.2, 0.25) is 0 Å². The lowest BCUT2D eigenvalue weighted by atomic mass is 10.1. The fourth-order valence-corrected chi connectivity index (χ4v) is 4.34. The first kappa shape index (κ1) is 28.0. The minimum atomic E-state index is -3.26. The first-order valence-electron chi connectivity index (χ1n) is 8.94. The van der Waals surface area contributed by atoms with Gasteiger partial charge in [0.25, 0.3) is 0 Å². The molecule has 2 saturated heterocycles. The zero-order chi connectivity index (χ0) is 22.8. The third-order valence-corrected chi connectivity index (χ3v) is 6.78. The van der Waals surface area contributed by atoms with Crippen molar-refractivity contribution in [3.63, 3.8) is 0 Å². The van der Waals surface area contributed by atoms with Gasteiger partial charge in [-0.25, -0.2) is 16.8 Å². The molecule has 0 aromatic heterocycles. The van der Waals surface area contributed by atoms with Gasteiger partial charge >= 0.3 is 0 Å². The van der Waals surface area contributed by atoms with Gasteiger partial charge in [-0.1, -0.05) is 5.11 Å². The average molecular weight is 461 g/mol. The van der Waals surface area contributed by atoms with Crippen molar-refractivity contribution < 1.29 is 32.2 Å². The molecule has 0 unspecified atom stereocenters. The van der Waals surface area contributed by atoms with Crippen molar-refractivity contribution in [3.05, 3.63) is 10.4 Å². The molecule has 0 spiro atoms. The summed E-state index contributed by atoms with van der Waals surface area (Å²) < 4.78 is 46.7. The quantitative estimate of drug-likeness (QED) is 0.210. The summed E-state index contributed by atoms with van der Waals surface area (Å²) in [6.07, 6.45) is 1.47. The zero-order valence-electron chi connectivity index (χ0n) is 16.9. The van der Waals surface area contributed by atoms with E-state index in [0.29, 0.717) is 25.9 Å². The van der Waals surface area contributed by atoms with E-state index in [9.17, 15) is 27.0 Å². The number of aliphatic hydroxyl groups excluding tert-OH is 3. The fourth-order valence-electron chi connectivity index (χ4n) is 2.61. The Balaban J connectivity index is 0.000000481. The van der Waals surface area contributed by atoms with Crippen molar-refractivity contribution in [1.29, 1.82) is 0 Å². The molecule has 4 atom stereocenters. The summed E-state index contributed by atoms with van der Waals surface area (Å²) in [4.78, 5) is 2.59. The molecule has 29 heavy (non-hydrogen) atoms. The third kappa shape index (κ3) is 10.5. The molecule has 2 aliphatic heterocycles. The van der Waals surface area contributed by atoms with Gasteiger partial charge in [-0.3, -0.25) is 0 Å². The van der Waals surface area contributed by atoms with Crippen molar-refractivity contribution in [1.82, 2.24) is 8.61 Å². The number of nitrogens with zero attached hydrogens (tertiary/aromatic N) is 5. The molecule has 2 rings (SSSR count). The molecule has 0 aliphatic carbocycles. The molecule has 15 heteroatoms. The Kier molecular flexibility index (Phi) is 12.2. The summed E-state index contributed by atoms with van der Waals surface area (Å²) in [7, 11) is -6.42. The predicted molar refractivity (Wildman–Crippen MR) is 108 cm³/mol. The first-order valence-corrected chi connectivity index (χ1v) is 12.6. The van der Waals surface area contributed by atoms with E-state index in [0.717, 1.165) is 12.5 Å². The number of hydrogen-bond acceptors (Lipinski definition) is 9. The Bertz CT molecular complexity index is 742. The molecular formula is C14H32N6O7S2. The van der Waals surface area contributed by atoms with Crippen LogP contribution in [0.15, 0.2) is 5.11 Å². The van der Waals surface area contributed by atoms with Crippen molar-refractivity contribution in [2.24, 2.45) is 10.8 Å². The largest absolute Gasteiger partial charge is 0.397 e. The second kappa shape index (κ2) is 12.6. The lowest BCUT2D eigenvalue weighted by Crippen LogP contribution is -2.51. The van der Waals surface area contributed by atoms with Gasteiger partial charge in [0, 0.05) is 43.7 Å². The highest BCUT2D eigenvalue weighted by molar-refractivity contribution is 7.88. The van der Waals surface area contributed by atoms with Crippen molar-refractivity contribution in [2.75, 3.05) is 45.3 Å². The van der Waals surface area contributed by atoms with E-state index in [2.05, 4.69) is 10.0 Å². The molecular weight excluding hydrogens is 428 g/mol. The maximum atomic E-state index is 11.1. The van der Waals surface area contributed by atoms with Gasteiger partial charge < -0.3 is 21.1 Å². The molecule has 0 radical (unpaired) electrons. The van der Waals surface area contributed by atoms with Crippen LogP contribution in [0.25, 0.3) is 10.4 Å². The number of β-amino-alcohol motifs (C(OH)–C–C–N with tert-alkyl or cyclic N) is 2. The minimum absolute atomic E-state index is 0.00250. The Labute approximate surface area is 171 Å². The molecule has 0 saturated carbocycles. The van der Waals surface area contributed by atoms with E-state index in [-0.39, 0.29) is 25.7 Å². The van der Waals surface area contributed by atoms with E-state index in [4.69, 9.17) is 16.4 Å². The third-order valence-electron chi connectivity index (χ3n) is 4.24. The second-order valence-electron chi connectivity index (χ2n) is 6.71. The number of aliphatic hydroxyl groups is 3. The Morgan fingerprint density at radius 2 is 1.45 bits per heavy atom. The van der Waals surface area contributed by atoms with Crippen LogP contribution in [0.5, 0.6) is 0 Å². The predicted octanol–water partition coefficient (Wildman–Crippen LogP) is -1.97. The molecule has 0 bridgehead atoms. The van der Waals surface area contributed by atoms with E-state index in [1.807, 2.05) is 0 Å². The van der Waals surface area contributed by atoms with E-state index in [1.54, 1.807) is 6.92 Å². The molecule has 13 nitrogen and oxygen atoms in total. The average Bonchev–Trinajstić information content (AvgIpc) is 2.59. The van der Waals surface area contributed by atoms with Gasteiger partial charge in [0.05, 0.1) is 30.8 Å². The van der Waals surface area contributed by atoms with E-state index >= 15 is 0 Å². The van der Waals surface area contributed by atoms with Crippen LogP contribution in [0.1, 0.15) is 19.8 Å². The molecule has 0 aromatic rings. The van der Waals surface area contributed by atoms with Crippen LogP contribution in [0.3, 0.4) is 0 Å². The molecule has 172 valence electrons. The molecule has 2 aliphatic rings. The fraction of sp³-hybridized carbons (Fsp3) is 1.00.